The van der Waals surface area contributed by atoms with Crippen LogP contribution in [0, 0.1) is 5.92 Å². The fraction of sp³-hybridized carbons (Fsp3) is 0.778. The van der Waals surface area contributed by atoms with Crippen LogP contribution < -0.4 is 5.73 Å². The van der Waals surface area contributed by atoms with Crippen molar-refractivity contribution in [3.05, 3.63) is 12.2 Å². The fourth-order valence-corrected chi connectivity index (χ4v) is 0.951. The third kappa shape index (κ3) is 5.83. The van der Waals surface area contributed by atoms with E-state index < -0.39 is 0 Å². The van der Waals surface area contributed by atoms with E-state index in [9.17, 15) is 0 Å². The fourth-order valence-electron chi connectivity index (χ4n) is 0.951. The second-order valence-electron chi connectivity index (χ2n) is 3.06. The molecule has 0 radical (unpaired) electrons. The molecule has 2 atom stereocenters. The van der Waals surface area contributed by atoms with Crippen LogP contribution in [0.3, 0.4) is 0 Å². The zero-order valence-electron chi connectivity index (χ0n) is 7.30. The lowest BCUT2D eigenvalue weighted by atomic mass is 10.0. The molecule has 0 aromatic heterocycles. The highest BCUT2D eigenvalue weighted by Crippen LogP contribution is 2.07. The summed E-state index contributed by atoms with van der Waals surface area (Å²) in [5.74, 6) is 0.691. The molecule has 2 unspecified atom stereocenters. The van der Waals surface area contributed by atoms with Crippen LogP contribution in [0.25, 0.3) is 0 Å². The molecular formula is C9H19N. The third-order valence-corrected chi connectivity index (χ3v) is 1.60. The number of allylic oxidation sites excluding steroid dienone is 2. The highest BCUT2D eigenvalue weighted by atomic mass is 14.6. The number of nitrogens with two attached hydrogens (primary N) is 1. The van der Waals surface area contributed by atoms with Crippen molar-refractivity contribution >= 4 is 0 Å². The minimum absolute atomic E-state index is 0.354. The van der Waals surface area contributed by atoms with E-state index >= 15 is 0 Å². The predicted molar refractivity (Wildman–Crippen MR) is 46.9 cm³/mol. The first-order valence-corrected chi connectivity index (χ1v) is 4.05. The highest BCUT2D eigenvalue weighted by molar-refractivity contribution is 4.83. The molecule has 0 heterocycles. The Morgan fingerprint density at radius 2 is 1.90 bits per heavy atom. The smallest absolute Gasteiger partial charge is 0.00106 e. The van der Waals surface area contributed by atoms with E-state index in [2.05, 4.69) is 32.9 Å². The van der Waals surface area contributed by atoms with Crippen LogP contribution in [0.5, 0.6) is 0 Å². The maximum atomic E-state index is 5.61. The van der Waals surface area contributed by atoms with Gasteiger partial charge in [-0.2, -0.15) is 0 Å². The quantitative estimate of drug-likeness (QED) is 0.597. The van der Waals surface area contributed by atoms with Gasteiger partial charge in [0.1, 0.15) is 0 Å². The molecular weight excluding hydrogens is 122 g/mol. The average Bonchev–Trinajstić information content (AvgIpc) is 1.85. The lowest BCUT2D eigenvalue weighted by Crippen LogP contribution is -2.15. The van der Waals surface area contributed by atoms with E-state index in [0.29, 0.717) is 12.0 Å². The monoisotopic (exact) mass is 141 g/mol. The van der Waals surface area contributed by atoms with Gasteiger partial charge < -0.3 is 5.73 Å². The summed E-state index contributed by atoms with van der Waals surface area (Å²) in [5, 5.41) is 0. The van der Waals surface area contributed by atoms with E-state index in [-0.39, 0.29) is 0 Å². The SMILES string of the molecule is CC=CC(C)CCC(C)N. The van der Waals surface area contributed by atoms with E-state index in [1.54, 1.807) is 0 Å². The summed E-state index contributed by atoms with van der Waals surface area (Å²) in [6, 6.07) is 0.354. The summed E-state index contributed by atoms with van der Waals surface area (Å²) in [5.41, 5.74) is 5.61. The molecule has 0 rings (SSSR count). The van der Waals surface area contributed by atoms with Crippen molar-refractivity contribution in [2.24, 2.45) is 11.7 Å². The van der Waals surface area contributed by atoms with E-state index in [0.717, 1.165) is 6.42 Å². The molecule has 0 amide bonds. The Morgan fingerprint density at radius 1 is 1.30 bits per heavy atom. The van der Waals surface area contributed by atoms with Crippen molar-refractivity contribution in [3.63, 3.8) is 0 Å². The topological polar surface area (TPSA) is 26.0 Å². The Kier molecular flexibility index (Phi) is 5.32. The van der Waals surface area contributed by atoms with Gasteiger partial charge in [-0.15, -0.1) is 0 Å². The van der Waals surface area contributed by atoms with Gasteiger partial charge in [0.05, 0.1) is 0 Å². The summed E-state index contributed by atoms with van der Waals surface area (Å²) in [7, 11) is 0. The Bertz CT molecular complexity index is 94.9. The maximum absolute atomic E-state index is 5.61. The van der Waals surface area contributed by atoms with Crippen LogP contribution in [-0.4, -0.2) is 6.04 Å². The molecule has 10 heavy (non-hydrogen) atoms. The van der Waals surface area contributed by atoms with Crippen molar-refractivity contribution in [3.8, 4) is 0 Å². The minimum atomic E-state index is 0.354. The zero-order valence-corrected chi connectivity index (χ0v) is 7.30. The average molecular weight is 141 g/mol. The molecule has 0 spiro atoms. The van der Waals surface area contributed by atoms with E-state index in [4.69, 9.17) is 5.73 Å². The molecule has 0 saturated heterocycles. The molecule has 60 valence electrons. The zero-order chi connectivity index (χ0) is 7.98. The van der Waals surface area contributed by atoms with Gasteiger partial charge in [-0.25, -0.2) is 0 Å². The number of hydrogen-bond donors (Lipinski definition) is 1. The first-order valence-electron chi connectivity index (χ1n) is 4.05. The van der Waals surface area contributed by atoms with Gasteiger partial charge in [0, 0.05) is 6.04 Å². The summed E-state index contributed by atoms with van der Waals surface area (Å²) in [6.45, 7) is 6.34. The molecule has 0 aliphatic rings. The molecule has 1 heteroatoms. The molecule has 2 N–H and O–H groups in total. The van der Waals surface area contributed by atoms with Crippen molar-refractivity contribution in [2.75, 3.05) is 0 Å². The first kappa shape index (κ1) is 9.70. The predicted octanol–water partition coefficient (Wildman–Crippen LogP) is 2.33. The largest absolute Gasteiger partial charge is 0.328 e. The standard InChI is InChI=1S/C9H19N/c1-4-5-8(2)6-7-9(3)10/h4-5,8-9H,6-7,10H2,1-3H3. The molecule has 0 aromatic carbocycles. The Morgan fingerprint density at radius 3 is 2.30 bits per heavy atom. The molecule has 0 aliphatic heterocycles. The lowest BCUT2D eigenvalue weighted by Gasteiger charge is -2.07. The second-order valence-corrected chi connectivity index (χ2v) is 3.06. The van der Waals surface area contributed by atoms with Crippen molar-refractivity contribution in [1.29, 1.82) is 0 Å². The molecule has 0 aliphatic carbocycles. The number of hydrogen-bond acceptors (Lipinski definition) is 1. The van der Waals surface area contributed by atoms with Crippen LogP contribution in [0.1, 0.15) is 33.6 Å². The van der Waals surface area contributed by atoms with Crippen LogP contribution in [0.15, 0.2) is 12.2 Å². The van der Waals surface area contributed by atoms with Crippen LogP contribution in [-0.2, 0) is 0 Å². The molecule has 1 nitrogen and oxygen atoms in total. The Labute approximate surface area is 64.3 Å². The maximum Gasteiger partial charge on any atom is 0.00106 e. The highest BCUT2D eigenvalue weighted by Gasteiger charge is 1.98. The molecule has 0 aromatic rings. The Hall–Kier alpha value is -0.300. The van der Waals surface area contributed by atoms with Gasteiger partial charge >= 0.3 is 0 Å². The first-order chi connectivity index (χ1) is 4.66. The summed E-state index contributed by atoms with van der Waals surface area (Å²) >= 11 is 0. The summed E-state index contributed by atoms with van der Waals surface area (Å²) in [4.78, 5) is 0. The van der Waals surface area contributed by atoms with Gasteiger partial charge in [0.15, 0.2) is 0 Å². The molecule has 0 saturated carbocycles. The van der Waals surface area contributed by atoms with Crippen LogP contribution in [0.2, 0.25) is 0 Å². The number of rotatable bonds is 4. The molecule has 0 fully saturated rings. The van der Waals surface area contributed by atoms with E-state index in [1.165, 1.54) is 6.42 Å². The van der Waals surface area contributed by atoms with Crippen molar-refractivity contribution in [1.82, 2.24) is 0 Å². The van der Waals surface area contributed by atoms with Crippen LogP contribution in [0.4, 0.5) is 0 Å². The molecule has 0 bridgehead atoms. The third-order valence-electron chi connectivity index (χ3n) is 1.60. The van der Waals surface area contributed by atoms with Crippen molar-refractivity contribution in [2.45, 2.75) is 39.7 Å². The van der Waals surface area contributed by atoms with Crippen molar-refractivity contribution < 1.29 is 0 Å². The normalized spacial score (nSPS) is 17.6. The summed E-state index contributed by atoms with van der Waals surface area (Å²) < 4.78 is 0. The van der Waals surface area contributed by atoms with Crippen LogP contribution >= 0.6 is 0 Å². The van der Waals surface area contributed by atoms with Gasteiger partial charge in [0.2, 0.25) is 0 Å². The second kappa shape index (κ2) is 5.48. The summed E-state index contributed by atoms with van der Waals surface area (Å²) in [6.07, 6.45) is 6.67. The van der Waals surface area contributed by atoms with Gasteiger partial charge in [-0.1, -0.05) is 19.1 Å². The Balaban J connectivity index is 3.30. The lowest BCUT2D eigenvalue weighted by molar-refractivity contribution is 0.549. The van der Waals surface area contributed by atoms with Gasteiger partial charge in [-0.05, 0) is 32.6 Å². The van der Waals surface area contributed by atoms with Gasteiger partial charge in [0.25, 0.3) is 0 Å². The van der Waals surface area contributed by atoms with E-state index in [1.807, 2.05) is 0 Å². The minimum Gasteiger partial charge on any atom is -0.328 e. The van der Waals surface area contributed by atoms with Gasteiger partial charge in [-0.3, -0.25) is 0 Å².